The Balaban J connectivity index is 0.969. The Morgan fingerprint density at radius 3 is 1.61 bits per heavy atom. The van der Waals surface area contributed by atoms with Crippen LogP contribution in [0.3, 0.4) is 0 Å². The van der Waals surface area contributed by atoms with Crippen LogP contribution in [0.25, 0.3) is 65.3 Å². The van der Waals surface area contributed by atoms with Gasteiger partial charge in [0, 0.05) is 70.6 Å². The molecule has 0 amide bonds. The monoisotopic (exact) mass is 728 g/mol. The lowest BCUT2D eigenvalue weighted by atomic mass is 9.89. The van der Waals surface area contributed by atoms with Crippen LogP contribution in [0.1, 0.15) is 5.56 Å². The average Bonchev–Trinajstić information content (AvgIpc) is 3.29. The number of dihydropyridines is 1. The maximum atomic E-state index is 4.96. The second kappa shape index (κ2) is 13.7. The Morgan fingerprint density at radius 2 is 0.965 bits per heavy atom. The molecular weight excluding hydrogens is 693 g/mol. The third kappa shape index (κ3) is 6.09. The van der Waals surface area contributed by atoms with Gasteiger partial charge in [0.05, 0.1) is 5.71 Å². The molecule has 1 aliphatic carbocycles. The number of aliphatic imine (C=N–C) groups is 1. The molecular formula is C53H36N4. The summed E-state index contributed by atoms with van der Waals surface area (Å²) in [5, 5.41) is 9.53. The highest BCUT2D eigenvalue weighted by Crippen LogP contribution is 2.40. The molecule has 0 fully saturated rings. The summed E-state index contributed by atoms with van der Waals surface area (Å²) < 4.78 is 0. The number of nitrogens with zero attached hydrogens (tertiary/aromatic N) is 4. The van der Waals surface area contributed by atoms with Crippen LogP contribution in [0, 0.1) is 5.92 Å². The number of fused-ring (bicyclic) bond motifs is 6. The number of rotatable bonds is 6. The van der Waals surface area contributed by atoms with Gasteiger partial charge in [0.2, 0.25) is 0 Å². The predicted octanol–water partition coefficient (Wildman–Crippen LogP) is 13.4. The molecule has 268 valence electrons. The topological polar surface area (TPSA) is 41.4 Å². The minimum Gasteiger partial charge on any atom is -0.310 e. The second-order valence-corrected chi connectivity index (χ2v) is 14.9. The molecule has 9 aromatic rings. The summed E-state index contributed by atoms with van der Waals surface area (Å²) >= 11 is 0. The summed E-state index contributed by atoms with van der Waals surface area (Å²) in [6.07, 6.45) is 18.5. The van der Waals surface area contributed by atoms with E-state index >= 15 is 0 Å². The van der Waals surface area contributed by atoms with Gasteiger partial charge in [-0.3, -0.25) is 15.0 Å². The first-order chi connectivity index (χ1) is 28.2. The predicted molar refractivity (Wildman–Crippen MR) is 239 cm³/mol. The molecule has 0 saturated heterocycles. The number of aromatic nitrogens is 2. The zero-order valence-electron chi connectivity index (χ0n) is 31.1. The Morgan fingerprint density at radius 1 is 0.439 bits per heavy atom. The first-order valence-electron chi connectivity index (χ1n) is 19.5. The highest BCUT2D eigenvalue weighted by Gasteiger charge is 2.18. The number of hydrogen-bond donors (Lipinski definition) is 0. The highest BCUT2D eigenvalue weighted by molar-refractivity contribution is 6.14. The number of allylic oxidation sites excluding steroid dienone is 4. The van der Waals surface area contributed by atoms with E-state index in [1.165, 1.54) is 60.1 Å². The lowest BCUT2D eigenvalue weighted by molar-refractivity contribution is 0.774. The van der Waals surface area contributed by atoms with Crippen LogP contribution in [-0.2, 0) is 0 Å². The molecule has 1 aliphatic heterocycles. The van der Waals surface area contributed by atoms with Crippen LogP contribution < -0.4 is 4.90 Å². The first kappa shape index (κ1) is 33.0. The molecule has 2 aliphatic rings. The maximum Gasteiger partial charge on any atom is 0.0650 e. The highest BCUT2D eigenvalue weighted by atomic mass is 15.1. The van der Waals surface area contributed by atoms with Crippen molar-refractivity contribution in [2.45, 2.75) is 0 Å². The van der Waals surface area contributed by atoms with Gasteiger partial charge >= 0.3 is 0 Å². The summed E-state index contributed by atoms with van der Waals surface area (Å²) in [6.45, 7) is 0.797. The number of hydrogen-bond acceptors (Lipinski definition) is 4. The fraction of sp³-hybridized carbons (Fsp3) is 0.0377. The zero-order valence-corrected chi connectivity index (χ0v) is 31.1. The minimum absolute atomic E-state index is 0.387. The zero-order chi connectivity index (χ0) is 37.7. The molecule has 7 aromatic carbocycles. The van der Waals surface area contributed by atoms with Crippen molar-refractivity contribution in [3.05, 3.63) is 212 Å². The molecule has 0 spiro atoms. The largest absolute Gasteiger partial charge is 0.310 e. The second-order valence-electron chi connectivity index (χ2n) is 14.9. The standard InChI is InChI=1S/C53H36N4/c1-2-4-45-34-56-53(31-37(45)3-1)44-15-21-51-42(29-44)7-8-43-30-50(20-22-52(43)51)57(48-16-11-35(12-17-48)38-5-9-46-32-54-25-23-40(46)27-38)49-18-13-36(14-19-49)39-6-10-47-33-55-26-24-41(47)28-39/h1-33,45H,34H2. The number of benzene rings is 7. The molecule has 4 heteroatoms. The van der Waals surface area contributed by atoms with Crippen LogP contribution in [0.2, 0.25) is 0 Å². The molecule has 57 heavy (non-hydrogen) atoms. The fourth-order valence-electron chi connectivity index (χ4n) is 8.43. The van der Waals surface area contributed by atoms with E-state index in [0.717, 1.165) is 45.7 Å². The fourth-order valence-corrected chi connectivity index (χ4v) is 8.43. The van der Waals surface area contributed by atoms with Gasteiger partial charge in [0.15, 0.2) is 0 Å². The van der Waals surface area contributed by atoms with E-state index in [1.54, 1.807) is 0 Å². The Hall–Kier alpha value is -7.43. The summed E-state index contributed by atoms with van der Waals surface area (Å²) in [5.74, 6) is 0.387. The smallest absolute Gasteiger partial charge is 0.0650 e. The van der Waals surface area contributed by atoms with Crippen molar-refractivity contribution in [2.75, 3.05) is 11.4 Å². The van der Waals surface area contributed by atoms with Crippen molar-refractivity contribution >= 4 is 65.9 Å². The van der Waals surface area contributed by atoms with Gasteiger partial charge < -0.3 is 4.90 Å². The van der Waals surface area contributed by atoms with Crippen molar-refractivity contribution in [1.29, 1.82) is 0 Å². The molecule has 11 rings (SSSR count). The molecule has 2 aromatic heterocycles. The number of pyridine rings is 2. The van der Waals surface area contributed by atoms with E-state index in [9.17, 15) is 0 Å². The van der Waals surface area contributed by atoms with Crippen molar-refractivity contribution in [3.8, 4) is 22.3 Å². The lowest BCUT2D eigenvalue weighted by Crippen LogP contribution is -2.15. The normalized spacial score (nSPS) is 14.8. The molecule has 1 atom stereocenters. The van der Waals surface area contributed by atoms with Gasteiger partial charge in [-0.25, -0.2) is 0 Å². The van der Waals surface area contributed by atoms with Crippen LogP contribution in [-0.4, -0.2) is 22.2 Å². The average molecular weight is 729 g/mol. The van der Waals surface area contributed by atoms with Gasteiger partial charge in [-0.1, -0.05) is 103 Å². The van der Waals surface area contributed by atoms with Crippen LogP contribution in [0.15, 0.2) is 211 Å². The quantitative estimate of drug-likeness (QED) is 0.160. The van der Waals surface area contributed by atoms with Crippen LogP contribution >= 0.6 is 0 Å². The van der Waals surface area contributed by atoms with Crippen molar-refractivity contribution < 1.29 is 0 Å². The van der Waals surface area contributed by atoms with Gasteiger partial charge in [0.1, 0.15) is 0 Å². The van der Waals surface area contributed by atoms with E-state index in [2.05, 4.69) is 191 Å². The molecule has 0 N–H and O–H groups in total. The Labute approximate surface area is 331 Å². The van der Waals surface area contributed by atoms with Crippen LogP contribution in [0.4, 0.5) is 17.1 Å². The van der Waals surface area contributed by atoms with Crippen molar-refractivity contribution in [1.82, 2.24) is 9.97 Å². The molecule has 0 saturated carbocycles. The minimum atomic E-state index is 0.387. The van der Waals surface area contributed by atoms with E-state index in [-0.39, 0.29) is 0 Å². The van der Waals surface area contributed by atoms with Gasteiger partial charge in [0.25, 0.3) is 0 Å². The Bertz CT molecular complexity index is 3030. The molecule has 3 heterocycles. The first-order valence-corrected chi connectivity index (χ1v) is 19.5. The van der Waals surface area contributed by atoms with E-state index < -0.39 is 0 Å². The molecule has 1 unspecified atom stereocenters. The van der Waals surface area contributed by atoms with Gasteiger partial charge in [-0.05, 0) is 133 Å². The third-order valence-electron chi connectivity index (χ3n) is 11.5. The van der Waals surface area contributed by atoms with E-state index in [4.69, 9.17) is 4.99 Å². The summed E-state index contributed by atoms with van der Waals surface area (Å²) in [7, 11) is 0. The van der Waals surface area contributed by atoms with E-state index in [1.807, 2.05) is 24.8 Å². The van der Waals surface area contributed by atoms with Crippen LogP contribution in [0.5, 0.6) is 0 Å². The third-order valence-corrected chi connectivity index (χ3v) is 11.5. The Kier molecular flexibility index (Phi) is 7.92. The molecule has 0 radical (unpaired) electrons. The van der Waals surface area contributed by atoms with Gasteiger partial charge in [-0.15, -0.1) is 0 Å². The van der Waals surface area contributed by atoms with Crippen molar-refractivity contribution in [2.24, 2.45) is 10.9 Å². The lowest BCUT2D eigenvalue weighted by Gasteiger charge is -2.26. The van der Waals surface area contributed by atoms with Gasteiger partial charge in [-0.2, -0.15) is 0 Å². The summed E-state index contributed by atoms with van der Waals surface area (Å²) in [6, 6.07) is 53.2. The summed E-state index contributed by atoms with van der Waals surface area (Å²) in [5.41, 5.74) is 11.5. The van der Waals surface area contributed by atoms with E-state index in [0.29, 0.717) is 5.92 Å². The molecule has 0 bridgehead atoms. The summed E-state index contributed by atoms with van der Waals surface area (Å²) in [4.78, 5) is 15.9. The molecule has 4 nitrogen and oxygen atoms in total. The van der Waals surface area contributed by atoms with Crippen molar-refractivity contribution in [3.63, 3.8) is 0 Å². The maximum absolute atomic E-state index is 4.96. The SMILES string of the molecule is C1=CC2=CC(c3ccc4c(ccc5cc(N(c6ccc(-c7ccc8cnccc8c7)cc6)c6ccc(-c7ccc8cnccc8c7)cc6)ccc54)c3)=NCC2C=C1. The number of anilines is 3.